The van der Waals surface area contributed by atoms with E-state index in [-0.39, 0.29) is 12.7 Å². The van der Waals surface area contributed by atoms with Crippen molar-refractivity contribution >= 4 is 33.6 Å². The molecule has 1 aromatic rings. The van der Waals surface area contributed by atoms with Crippen molar-refractivity contribution in [3.8, 4) is 11.5 Å². The number of thioether (sulfide) groups is 1. The highest BCUT2D eigenvalue weighted by Gasteiger charge is 2.22. The molecule has 3 rings (SSSR count). The Balaban J connectivity index is 1.47. The first kappa shape index (κ1) is 17.0. The number of rotatable bonds is 5. The molecule has 2 aliphatic rings. The third-order valence-electron chi connectivity index (χ3n) is 4.49. The number of carbonyl (C=O) groups is 1. The van der Waals surface area contributed by atoms with Crippen LogP contribution in [0.1, 0.15) is 38.2 Å². The molecule has 1 aliphatic carbocycles. The summed E-state index contributed by atoms with van der Waals surface area (Å²) in [4.78, 5) is 12.1. The molecule has 1 N–H and O–H groups in total. The summed E-state index contributed by atoms with van der Waals surface area (Å²) in [6.45, 7) is 2.52. The van der Waals surface area contributed by atoms with Gasteiger partial charge in [0.25, 0.3) is 0 Å². The fraction of sp³-hybridized carbons (Fsp3) is 0.588. The number of hydrogen-bond acceptors (Lipinski definition) is 4. The van der Waals surface area contributed by atoms with Gasteiger partial charge in [-0.05, 0) is 36.5 Å². The molecule has 126 valence electrons. The Morgan fingerprint density at radius 3 is 2.83 bits per heavy atom. The summed E-state index contributed by atoms with van der Waals surface area (Å²) in [5.41, 5.74) is 1.12. The molecule has 0 bridgehead atoms. The van der Waals surface area contributed by atoms with E-state index in [1.54, 1.807) is 11.8 Å². The number of benzene rings is 1. The molecule has 23 heavy (non-hydrogen) atoms. The lowest BCUT2D eigenvalue weighted by Gasteiger charge is -2.29. The zero-order valence-electron chi connectivity index (χ0n) is 13.3. The monoisotopic (exact) mass is 399 g/mol. The minimum atomic E-state index is 0.144. The van der Waals surface area contributed by atoms with Crippen molar-refractivity contribution in [3.05, 3.63) is 22.2 Å². The molecule has 1 aliphatic heterocycles. The lowest BCUT2D eigenvalue weighted by atomic mass is 9.86. The largest absolute Gasteiger partial charge is 0.454 e. The highest BCUT2D eigenvalue weighted by molar-refractivity contribution is 9.10. The third-order valence-corrected chi connectivity index (χ3v) is 6.21. The van der Waals surface area contributed by atoms with E-state index in [0.29, 0.717) is 17.7 Å². The van der Waals surface area contributed by atoms with Crippen molar-refractivity contribution in [2.45, 2.75) is 44.4 Å². The molecule has 0 saturated heterocycles. The van der Waals surface area contributed by atoms with Gasteiger partial charge < -0.3 is 14.8 Å². The maximum atomic E-state index is 12.1. The topological polar surface area (TPSA) is 47.6 Å². The van der Waals surface area contributed by atoms with Crippen molar-refractivity contribution < 1.29 is 14.3 Å². The van der Waals surface area contributed by atoms with Crippen LogP contribution in [0.15, 0.2) is 16.6 Å². The van der Waals surface area contributed by atoms with Gasteiger partial charge >= 0.3 is 0 Å². The number of fused-ring (bicyclic) bond motifs is 1. The minimum absolute atomic E-state index is 0.144. The van der Waals surface area contributed by atoms with Gasteiger partial charge in [-0.1, -0.05) is 35.7 Å². The van der Waals surface area contributed by atoms with Crippen LogP contribution in [-0.4, -0.2) is 24.5 Å². The highest BCUT2D eigenvalue weighted by atomic mass is 79.9. The Morgan fingerprint density at radius 2 is 2.04 bits per heavy atom. The van der Waals surface area contributed by atoms with Crippen molar-refractivity contribution in [3.63, 3.8) is 0 Å². The summed E-state index contributed by atoms with van der Waals surface area (Å²) in [7, 11) is 0. The first-order valence-electron chi connectivity index (χ1n) is 8.08. The van der Waals surface area contributed by atoms with Crippen molar-refractivity contribution in [1.82, 2.24) is 5.32 Å². The van der Waals surface area contributed by atoms with Gasteiger partial charge in [0.15, 0.2) is 11.5 Å². The van der Waals surface area contributed by atoms with E-state index in [9.17, 15) is 4.79 Å². The van der Waals surface area contributed by atoms with Gasteiger partial charge in [0, 0.05) is 16.3 Å². The summed E-state index contributed by atoms with van der Waals surface area (Å²) in [6, 6.07) is 4.27. The third kappa shape index (κ3) is 4.35. The Bertz CT molecular complexity index is 581. The van der Waals surface area contributed by atoms with Gasteiger partial charge in [-0.3, -0.25) is 4.79 Å². The number of halogens is 1. The van der Waals surface area contributed by atoms with E-state index >= 15 is 0 Å². The molecule has 4 nitrogen and oxygen atoms in total. The molecule has 6 heteroatoms. The molecule has 0 spiro atoms. The molecule has 0 radical (unpaired) electrons. The van der Waals surface area contributed by atoms with Crippen LogP contribution in [0, 0.1) is 5.92 Å². The van der Waals surface area contributed by atoms with Crippen LogP contribution in [-0.2, 0) is 10.5 Å². The average molecular weight is 400 g/mol. The molecule has 0 unspecified atom stereocenters. The fourth-order valence-corrected chi connectivity index (χ4v) is 4.58. The van der Waals surface area contributed by atoms with Gasteiger partial charge in [-0.15, -0.1) is 11.8 Å². The van der Waals surface area contributed by atoms with E-state index in [1.165, 1.54) is 19.3 Å². The second-order valence-corrected chi connectivity index (χ2v) is 8.07. The number of nitrogens with one attached hydrogen (secondary N) is 1. The van der Waals surface area contributed by atoms with Gasteiger partial charge in [0.2, 0.25) is 12.7 Å². The predicted octanol–water partition coefficient (Wildman–Crippen LogP) is 4.11. The maximum absolute atomic E-state index is 12.1. The van der Waals surface area contributed by atoms with E-state index in [1.807, 2.05) is 12.1 Å². The molecule has 2 atom stereocenters. The van der Waals surface area contributed by atoms with E-state index in [2.05, 4.69) is 28.2 Å². The zero-order chi connectivity index (χ0) is 16.2. The number of carbonyl (C=O) groups excluding carboxylic acids is 1. The van der Waals surface area contributed by atoms with Crippen molar-refractivity contribution in [2.24, 2.45) is 5.92 Å². The number of ether oxygens (including phenoxy) is 2. The van der Waals surface area contributed by atoms with Crippen LogP contribution in [0.3, 0.4) is 0 Å². The van der Waals surface area contributed by atoms with Crippen LogP contribution < -0.4 is 14.8 Å². The van der Waals surface area contributed by atoms with E-state index < -0.39 is 0 Å². The van der Waals surface area contributed by atoms with Crippen LogP contribution in [0.5, 0.6) is 11.5 Å². The Morgan fingerprint density at radius 1 is 1.30 bits per heavy atom. The summed E-state index contributed by atoms with van der Waals surface area (Å²) < 4.78 is 11.7. The molecule has 1 amide bonds. The maximum Gasteiger partial charge on any atom is 0.231 e. The zero-order valence-corrected chi connectivity index (χ0v) is 15.7. The summed E-state index contributed by atoms with van der Waals surface area (Å²) in [6.07, 6.45) is 4.86. The molecular formula is C17H22BrNO3S. The van der Waals surface area contributed by atoms with Crippen LogP contribution >= 0.6 is 27.7 Å². The van der Waals surface area contributed by atoms with Gasteiger partial charge in [0.05, 0.1) is 5.75 Å². The highest BCUT2D eigenvalue weighted by Crippen LogP contribution is 2.38. The van der Waals surface area contributed by atoms with Crippen LogP contribution in [0.4, 0.5) is 0 Å². The van der Waals surface area contributed by atoms with Gasteiger partial charge in [-0.25, -0.2) is 0 Å². The molecule has 1 aromatic carbocycles. The predicted molar refractivity (Wildman–Crippen MR) is 96.0 cm³/mol. The molecular weight excluding hydrogens is 378 g/mol. The molecule has 1 heterocycles. The van der Waals surface area contributed by atoms with Crippen molar-refractivity contribution in [1.29, 1.82) is 0 Å². The SMILES string of the molecule is C[C@H]1CCCC[C@@H]1NC(=O)CSCc1cc2c(cc1Br)OCO2. The average Bonchev–Trinajstić information content (AvgIpc) is 2.97. The standard InChI is InChI=1S/C17H22BrNO3S/c1-11-4-2-3-5-14(11)19-17(20)9-23-8-12-6-15-16(7-13(12)18)22-10-21-15/h6-7,11,14H,2-5,8-10H2,1H3,(H,19,20)/t11-,14-/m0/s1. The first-order valence-corrected chi connectivity index (χ1v) is 10.0. The summed E-state index contributed by atoms with van der Waals surface area (Å²) in [5.74, 6) is 3.56. The van der Waals surface area contributed by atoms with Crippen LogP contribution in [0.25, 0.3) is 0 Å². The number of amides is 1. The lowest BCUT2D eigenvalue weighted by Crippen LogP contribution is -2.41. The summed E-state index contributed by atoms with van der Waals surface area (Å²) >= 11 is 5.18. The Kier molecular flexibility index (Phi) is 5.75. The second-order valence-electron chi connectivity index (χ2n) is 6.23. The van der Waals surface area contributed by atoms with Crippen LogP contribution in [0.2, 0.25) is 0 Å². The Hall–Kier alpha value is -0.880. The van der Waals surface area contributed by atoms with E-state index in [0.717, 1.165) is 33.7 Å². The summed E-state index contributed by atoms with van der Waals surface area (Å²) in [5, 5.41) is 3.19. The second kappa shape index (κ2) is 7.79. The van der Waals surface area contributed by atoms with Gasteiger partial charge in [-0.2, -0.15) is 0 Å². The van der Waals surface area contributed by atoms with E-state index in [4.69, 9.17) is 9.47 Å². The molecule has 0 aromatic heterocycles. The lowest BCUT2D eigenvalue weighted by molar-refractivity contribution is -0.119. The fourth-order valence-electron chi connectivity index (χ4n) is 3.10. The van der Waals surface area contributed by atoms with Gasteiger partial charge in [0.1, 0.15) is 0 Å². The smallest absolute Gasteiger partial charge is 0.231 e. The first-order chi connectivity index (χ1) is 11.1. The Labute approximate surface area is 149 Å². The minimum Gasteiger partial charge on any atom is -0.454 e. The molecule has 1 saturated carbocycles. The quantitative estimate of drug-likeness (QED) is 0.808. The molecule has 1 fully saturated rings. The number of hydrogen-bond donors (Lipinski definition) is 1. The van der Waals surface area contributed by atoms with Crippen molar-refractivity contribution in [2.75, 3.05) is 12.5 Å². The normalized spacial score (nSPS) is 22.9.